The van der Waals surface area contributed by atoms with Crippen LogP contribution in [-0.4, -0.2) is 11.6 Å². The summed E-state index contributed by atoms with van der Waals surface area (Å²) in [5, 5.41) is 0.296. The van der Waals surface area contributed by atoms with Crippen molar-refractivity contribution in [2.45, 2.75) is 13.0 Å². The lowest BCUT2D eigenvalue weighted by atomic mass is 10.0. The van der Waals surface area contributed by atoms with Crippen LogP contribution in [0.3, 0.4) is 0 Å². The maximum atomic E-state index is 13.9. The van der Waals surface area contributed by atoms with E-state index in [4.69, 9.17) is 10.6 Å². The number of benzene rings is 1. The molecule has 3 rings (SSSR count). The number of aromatic nitrogens is 1. The fraction of sp³-hybridized carbons (Fsp3) is 0.250. The summed E-state index contributed by atoms with van der Waals surface area (Å²) < 4.78 is 33.0. The molecule has 0 spiro atoms. The molecule has 0 amide bonds. The zero-order valence-corrected chi connectivity index (χ0v) is 11.4. The number of hydrogen-bond acceptors (Lipinski definition) is 4. The van der Waals surface area contributed by atoms with Crippen molar-refractivity contribution in [3.05, 3.63) is 33.4 Å². The van der Waals surface area contributed by atoms with Gasteiger partial charge < -0.3 is 10.2 Å². The first-order valence-electron chi connectivity index (χ1n) is 5.66. The maximum Gasteiger partial charge on any atom is 0.152 e. The number of ether oxygens (including phenoxy) is 1. The summed E-state index contributed by atoms with van der Waals surface area (Å²) in [5.41, 5.74) is 4.53. The fourth-order valence-corrected chi connectivity index (χ4v) is 2.79. The highest BCUT2D eigenvalue weighted by atomic mass is 79.9. The molecule has 0 saturated carbocycles. The number of nitrogens with one attached hydrogen (secondary N) is 1. The minimum atomic E-state index is -0.707. The van der Waals surface area contributed by atoms with Gasteiger partial charge in [0.1, 0.15) is 11.3 Å². The van der Waals surface area contributed by atoms with Crippen molar-refractivity contribution in [2.24, 2.45) is 5.84 Å². The van der Waals surface area contributed by atoms with Gasteiger partial charge >= 0.3 is 0 Å². The molecular formula is C12H10BrF2N3O. The molecule has 2 aromatic rings. The van der Waals surface area contributed by atoms with Crippen LogP contribution in [0, 0.1) is 11.6 Å². The first kappa shape index (κ1) is 12.7. The van der Waals surface area contributed by atoms with Crippen LogP contribution in [0.1, 0.15) is 11.3 Å². The highest BCUT2D eigenvalue weighted by Crippen LogP contribution is 2.37. The molecule has 1 aromatic heterocycles. The zero-order valence-electron chi connectivity index (χ0n) is 9.77. The van der Waals surface area contributed by atoms with E-state index in [0.29, 0.717) is 30.7 Å². The standard InChI is InChI=1S/C12H10BrF2N3O/c13-10-6(14)3-7(15)12-9(10)11(18-16)5-4-19-2-1-8(5)17-12/h3H,1-2,4,16H2,(H,17,18). The smallest absolute Gasteiger partial charge is 0.152 e. The fourth-order valence-electron chi connectivity index (χ4n) is 2.29. The Morgan fingerprint density at radius 2 is 2.16 bits per heavy atom. The largest absolute Gasteiger partial charge is 0.376 e. The lowest BCUT2D eigenvalue weighted by Crippen LogP contribution is -2.18. The highest BCUT2D eigenvalue weighted by molar-refractivity contribution is 9.10. The van der Waals surface area contributed by atoms with Crippen LogP contribution < -0.4 is 11.3 Å². The van der Waals surface area contributed by atoms with Gasteiger partial charge in [-0.2, -0.15) is 0 Å². The lowest BCUT2D eigenvalue weighted by Gasteiger charge is -2.21. The zero-order chi connectivity index (χ0) is 13.6. The average Bonchev–Trinajstić information content (AvgIpc) is 2.42. The Bertz CT molecular complexity index is 678. The number of fused-ring (bicyclic) bond motifs is 2. The lowest BCUT2D eigenvalue weighted by molar-refractivity contribution is 0.110. The summed E-state index contributed by atoms with van der Waals surface area (Å²) in [6.45, 7) is 0.849. The number of hydrogen-bond donors (Lipinski definition) is 2. The van der Waals surface area contributed by atoms with Gasteiger partial charge in [-0.1, -0.05) is 0 Å². The van der Waals surface area contributed by atoms with E-state index in [1.807, 2.05) is 0 Å². The molecule has 7 heteroatoms. The third-order valence-corrected chi connectivity index (χ3v) is 3.94. The van der Waals surface area contributed by atoms with Gasteiger partial charge in [0.05, 0.1) is 29.1 Å². The molecule has 19 heavy (non-hydrogen) atoms. The molecule has 0 bridgehead atoms. The minimum Gasteiger partial charge on any atom is -0.376 e. The summed E-state index contributed by atoms with van der Waals surface area (Å²) in [4.78, 5) is 4.28. The van der Waals surface area contributed by atoms with E-state index in [0.717, 1.165) is 17.3 Å². The van der Waals surface area contributed by atoms with E-state index < -0.39 is 11.6 Å². The molecule has 2 heterocycles. The molecule has 0 radical (unpaired) electrons. The summed E-state index contributed by atoms with van der Waals surface area (Å²) in [7, 11) is 0. The van der Waals surface area contributed by atoms with Crippen LogP contribution in [0.15, 0.2) is 10.5 Å². The van der Waals surface area contributed by atoms with Crippen molar-refractivity contribution in [1.29, 1.82) is 0 Å². The van der Waals surface area contributed by atoms with Crippen LogP contribution in [-0.2, 0) is 17.8 Å². The Hall–Kier alpha value is -1.31. The van der Waals surface area contributed by atoms with Crippen molar-refractivity contribution in [1.82, 2.24) is 4.98 Å². The SMILES string of the molecule is NNc1c2c(nc3c(F)cc(F)c(Br)c13)CCOC2. The summed E-state index contributed by atoms with van der Waals surface area (Å²) in [6.07, 6.45) is 0.578. The first-order valence-corrected chi connectivity index (χ1v) is 6.46. The van der Waals surface area contributed by atoms with Gasteiger partial charge in [0.15, 0.2) is 5.82 Å². The molecule has 1 aliphatic heterocycles. The Balaban J connectivity index is 2.47. The first-order chi connectivity index (χ1) is 9.13. The van der Waals surface area contributed by atoms with Crippen molar-refractivity contribution >= 4 is 32.5 Å². The number of hydrazine groups is 1. The van der Waals surface area contributed by atoms with Gasteiger partial charge in [0.2, 0.25) is 0 Å². The van der Waals surface area contributed by atoms with Crippen molar-refractivity contribution in [3.8, 4) is 0 Å². The van der Waals surface area contributed by atoms with Crippen LogP contribution >= 0.6 is 15.9 Å². The number of nitrogens with zero attached hydrogens (tertiary/aromatic N) is 1. The highest BCUT2D eigenvalue weighted by Gasteiger charge is 2.23. The Kier molecular flexibility index (Phi) is 3.12. The number of nitrogens with two attached hydrogens (primary N) is 1. The Morgan fingerprint density at radius 1 is 1.37 bits per heavy atom. The monoisotopic (exact) mass is 329 g/mol. The quantitative estimate of drug-likeness (QED) is 0.479. The number of rotatable bonds is 1. The Labute approximate surface area is 116 Å². The molecule has 100 valence electrons. The van der Waals surface area contributed by atoms with Crippen LogP contribution in [0.5, 0.6) is 0 Å². The number of nitrogen functional groups attached to an aromatic ring is 1. The van der Waals surface area contributed by atoms with Crippen molar-refractivity contribution < 1.29 is 13.5 Å². The topological polar surface area (TPSA) is 60.2 Å². The van der Waals surface area contributed by atoms with E-state index >= 15 is 0 Å². The molecule has 0 aliphatic carbocycles. The predicted octanol–water partition coefficient (Wildman–Crippen LogP) is 2.63. The molecule has 0 unspecified atom stereocenters. The Morgan fingerprint density at radius 3 is 2.89 bits per heavy atom. The maximum absolute atomic E-state index is 13.9. The van der Waals surface area contributed by atoms with Crippen LogP contribution in [0.4, 0.5) is 14.5 Å². The van der Waals surface area contributed by atoms with Crippen molar-refractivity contribution in [2.75, 3.05) is 12.0 Å². The summed E-state index contributed by atoms with van der Waals surface area (Å²) in [5.74, 6) is 4.11. The normalized spacial score (nSPS) is 14.5. The average molecular weight is 330 g/mol. The third-order valence-electron chi connectivity index (χ3n) is 3.17. The predicted molar refractivity (Wildman–Crippen MR) is 70.5 cm³/mol. The summed E-state index contributed by atoms with van der Waals surface area (Å²) >= 11 is 3.12. The molecule has 0 saturated heterocycles. The van der Waals surface area contributed by atoms with Crippen molar-refractivity contribution in [3.63, 3.8) is 0 Å². The summed E-state index contributed by atoms with van der Waals surface area (Å²) in [6, 6.07) is 0.811. The molecule has 1 aliphatic rings. The second kappa shape index (κ2) is 4.66. The third kappa shape index (κ3) is 1.89. The molecule has 0 atom stereocenters. The van der Waals surface area contributed by atoms with Crippen LogP contribution in [0.25, 0.3) is 10.9 Å². The van der Waals surface area contributed by atoms with Gasteiger partial charge in [0, 0.05) is 23.4 Å². The van der Waals surface area contributed by atoms with Gasteiger partial charge in [-0.25, -0.2) is 13.8 Å². The van der Waals surface area contributed by atoms with E-state index in [1.54, 1.807) is 0 Å². The second-order valence-electron chi connectivity index (χ2n) is 4.24. The van der Waals surface area contributed by atoms with Gasteiger partial charge in [-0.15, -0.1) is 0 Å². The van der Waals surface area contributed by atoms with E-state index in [2.05, 4.69) is 26.3 Å². The van der Waals surface area contributed by atoms with Gasteiger partial charge in [0.25, 0.3) is 0 Å². The van der Waals surface area contributed by atoms with Gasteiger partial charge in [-0.3, -0.25) is 5.84 Å². The number of anilines is 1. The number of pyridine rings is 1. The minimum absolute atomic E-state index is 0.0990. The van der Waals surface area contributed by atoms with E-state index in [9.17, 15) is 8.78 Å². The molecule has 3 N–H and O–H groups in total. The molecule has 1 aromatic carbocycles. The molecular weight excluding hydrogens is 320 g/mol. The second-order valence-corrected chi connectivity index (χ2v) is 5.03. The van der Waals surface area contributed by atoms with Gasteiger partial charge in [-0.05, 0) is 15.9 Å². The molecule has 4 nitrogen and oxygen atoms in total. The van der Waals surface area contributed by atoms with Crippen LogP contribution in [0.2, 0.25) is 0 Å². The van der Waals surface area contributed by atoms with E-state index in [1.165, 1.54) is 0 Å². The van der Waals surface area contributed by atoms with E-state index in [-0.39, 0.29) is 9.99 Å². The number of halogens is 3. The molecule has 0 fully saturated rings.